The topological polar surface area (TPSA) is 437 Å². The number of phenolic OH excluding ortho intramolecular Hbond substituents is 1. The van der Waals surface area contributed by atoms with Gasteiger partial charge in [0.25, 0.3) is 28.4 Å². The van der Waals surface area contributed by atoms with Gasteiger partial charge >= 0.3 is 0 Å². The van der Waals surface area contributed by atoms with Crippen LogP contribution in [0.2, 0.25) is 0 Å². The van der Waals surface area contributed by atoms with Gasteiger partial charge < -0.3 is 59.7 Å². The maximum absolute atomic E-state index is 11.3. The van der Waals surface area contributed by atoms with Gasteiger partial charge in [0.1, 0.15) is 61.8 Å². The molecular weight excluding hydrogens is 1800 g/mol. The lowest BCUT2D eigenvalue weighted by Crippen LogP contribution is -2.15. The van der Waals surface area contributed by atoms with Gasteiger partial charge in [-0.05, 0) is 170 Å². The Morgan fingerprint density at radius 1 is 0.419 bits per heavy atom. The molecule has 1 amide bonds. The fourth-order valence-corrected chi connectivity index (χ4v) is 15.1. The molecular formula is C88H72Cl2N16O18S5. The first-order chi connectivity index (χ1) is 62.2. The van der Waals surface area contributed by atoms with Crippen LogP contribution in [-0.2, 0) is 14.3 Å². The molecule has 129 heavy (non-hydrogen) atoms. The number of nitro benzene ring substituents is 5. The van der Waals surface area contributed by atoms with E-state index in [4.69, 9.17) is 58.0 Å². The number of pyridine rings is 1. The van der Waals surface area contributed by atoms with Gasteiger partial charge in [0, 0.05) is 114 Å². The van der Waals surface area contributed by atoms with Crippen LogP contribution in [0.1, 0.15) is 52.9 Å². The maximum Gasteiger partial charge on any atom is 0.294 e. The summed E-state index contributed by atoms with van der Waals surface area (Å²) in [6.45, 7) is 2.35. The molecule has 34 nitrogen and oxygen atoms in total. The highest BCUT2D eigenvalue weighted by Crippen LogP contribution is 2.35. The largest absolute Gasteiger partial charge is 0.508 e. The van der Waals surface area contributed by atoms with E-state index in [1.807, 2.05) is 61.5 Å². The predicted octanol–water partition coefficient (Wildman–Crippen LogP) is 18.9. The molecule has 41 heteroatoms. The number of nitrogens with zero attached hydrogens (tertiary/aromatic N) is 12. The molecule has 0 aliphatic heterocycles. The number of anilines is 5. The summed E-state index contributed by atoms with van der Waals surface area (Å²) in [5, 5.41) is 79.3. The van der Waals surface area contributed by atoms with Gasteiger partial charge in [0.2, 0.25) is 12.3 Å². The first kappa shape index (κ1) is 97.4. The number of benzene rings is 9. The van der Waals surface area contributed by atoms with E-state index in [-0.39, 0.29) is 58.8 Å². The molecule has 0 aliphatic carbocycles. The van der Waals surface area contributed by atoms with Gasteiger partial charge in [-0.3, -0.25) is 55.4 Å². The number of rotatable bonds is 19. The van der Waals surface area contributed by atoms with Crippen LogP contribution in [0, 0.1) is 117 Å². The molecule has 15 aromatic rings. The number of halogens is 2. The fraction of sp³-hybridized carbons (Fsp3) is 0.148. The number of hydrogen-bond donors (Lipinski definition) is 5. The number of nitrogens with one attached hydrogen (secondary N) is 4. The summed E-state index contributed by atoms with van der Waals surface area (Å²) in [5.41, 5.74) is 8.52. The Morgan fingerprint density at radius 2 is 0.760 bits per heavy atom. The molecule has 656 valence electrons. The molecule has 0 spiro atoms. The SMILES string of the molecule is C#Cc1ccc(NC)c([N+](=O)[O-])c1.CNc1ccc(C#Cc2nc3ccc(O)cc3s2)cc1[N+](=O)[O-].CNc1ccc(C#Cc2nc3ccc(OC)nc3s2)cc1[N+](=O)[O-].CNc1ccc(C#Cc2nc3ccc(OCOC)cc3s2)cc1[N+](=O)[O-].COCOc1ccc2nc(C#Cc3ccc(N(C)C=O)c([N+](=O)[O-])c3)sc2c1.COc1ccc2nc(C)sc2c1.ClCCl. The first-order valence-electron chi connectivity index (χ1n) is 37.0. The normalized spacial score (nSPS) is 9.98. The Balaban J connectivity index is 0.000000177. The maximum atomic E-state index is 11.3. The zero-order chi connectivity index (χ0) is 93.2. The van der Waals surface area contributed by atoms with E-state index >= 15 is 0 Å². The van der Waals surface area contributed by atoms with Gasteiger partial charge in [-0.25, -0.2) is 29.9 Å². The number of phenols is 1. The summed E-state index contributed by atoms with van der Waals surface area (Å²) < 4.78 is 34.6. The van der Waals surface area contributed by atoms with Crippen molar-refractivity contribution in [1.82, 2.24) is 29.9 Å². The van der Waals surface area contributed by atoms with Gasteiger partial charge in [-0.2, -0.15) is 0 Å². The Bertz CT molecular complexity index is 6960. The van der Waals surface area contributed by atoms with Crippen LogP contribution in [0.5, 0.6) is 28.9 Å². The highest BCUT2D eigenvalue weighted by molar-refractivity contribution is 7.20. The average molecular weight is 1870 g/mol. The van der Waals surface area contributed by atoms with E-state index in [2.05, 4.69) is 104 Å². The highest BCUT2D eigenvalue weighted by atomic mass is 35.5. The Hall–Kier alpha value is -15.5. The van der Waals surface area contributed by atoms with E-state index in [9.17, 15) is 60.5 Å². The second kappa shape index (κ2) is 48.1. The lowest BCUT2D eigenvalue weighted by molar-refractivity contribution is -0.384. The average Bonchev–Trinajstić information content (AvgIpc) is 1.69. The van der Waals surface area contributed by atoms with Gasteiger partial charge in [0.15, 0.2) is 33.6 Å². The summed E-state index contributed by atoms with van der Waals surface area (Å²) in [7, 11) is 14.3. The lowest BCUT2D eigenvalue weighted by atomic mass is 10.1. The van der Waals surface area contributed by atoms with Gasteiger partial charge in [0.05, 0.1) is 90.0 Å². The van der Waals surface area contributed by atoms with Crippen LogP contribution in [0.3, 0.4) is 0 Å². The summed E-state index contributed by atoms with van der Waals surface area (Å²) >= 11 is 16.7. The number of alkyl halides is 2. The van der Waals surface area contributed by atoms with Crippen LogP contribution in [-0.4, -0.2) is 149 Å². The predicted molar refractivity (Wildman–Crippen MR) is 507 cm³/mol. The van der Waals surface area contributed by atoms with Crippen molar-refractivity contribution in [3.8, 4) is 88.6 Å². The number of aromatic hydroxyl groups is 1. The molecule has 0 atom stereocenters. The zero-order valence-corrected chi connectivity index (χ0v) is 75.2. The number of thiazole rings is 5. The summed E-state index contributed by atoms with van der Waals surface area (Å²) in [6.07, 6.45) is 5.63. The smallest absolute Gasteiger partial charge is 0.294 e. The number of fused-ring (bicyclic) bond motifs is 5. The molecule has 9 aromatic carbocycles. The fourth-order valence-electron chi connectivity index (χ4n) is 10.9. The molecule has 5 N–H and O–H groups in total. The van der Waals surface area contributed by atoms with E-state index in [1.54, 1.807) is 153 Å². The summed E-state index contributed by atoms with van der Waals surface area (Å²) in [6, 6.07) is 48.9. The third kappa shape index (κ3) is 27.8. The van der Waals surface area contributed by atoms with Crippen molar-refractivity contribution >= 4 is 194 Å². The molecule has 6 aromatic heterocycles. The van der Waals surface area contributed by atoms with Gasteiger partial charge in [-0.1, -0.05) is 40.9 Å². The van der Waals surface area contributed by atoms with Crippen molar-refractivity contribution in [3.05, 3.63) is 279 Å². The van der Waals surface area contributed by atoms with E-state index < -0.39 is 24.6 Å². The number of carbonyl (C=O) groups excluding carboxylic acids is 1. The van der Waals surface area contributed by atoms with E-state index in [1.165, 1.54) is 93.5 Å². The minimum Gasteiger partial charge on any atom is -0.508 e. The van der Waals surface area contributed by atoms with Crippen molar-refractivity contribution in [1.29, 1.82) is 0 Å². The standard InChI is InChI=1S/C19H15N3O5S.C18H15N3O4S.C16H12N4O3S.C16H11N3O3S.C9H8N2O2.C9H9NOS.CH2Cl2/c1-21(11-23)16-7-3-13(9-17(16)22(24)25)4-8-19-20-15-6-5-14(27-12-26-2)10-18(15)28-19;1-19-14-6-3-12(9-16(14)21(22)23)4-8-18-20-15-7-5-13(25-11-24-2)10-17(15)26-18;1-17-11-5-3-10(9-13(11)20(21)22)4-8-15-18-12-6-7-14(23-2)19-16(12)24-15;1-17-12-5-2-10(8-14(12)19(21)22)3-7-16-18-13-6-4-11(20)9-15(13)23-16;1-3-7-4-5-8(10-2)9(6-7)11(12)13;1-6-10-8-4-3-7(11-2)5-9(8)12-6;2-1-3/h3,5-7,9-11H,12H2,1-2H3;3,5-7,9-10,19H,11H2,1-2H3;3,5-7,9,17H,1-2H3;2,4-6,8-9,17,20H,1H3;1,4-6,10H,2H3;3-5H,1-2H3;1H2. The minimum absolute atomic E-state index is 0.00190. The van der Waals surface area contributed by atoms with Crippen LogP contribution in [0.15, 0.2) is 176 Å². The van der Waals surface area contributed by atoms with E-state index in [0.29, 0.717) is 94.4 Å². The number of methoxy groups -OCH3 is 4. The minimum atomic E-state index is -0.542. The highest BCUT2D eigenvalue weighted by Gasteiger charge is 2.20. The third-order valence-electron chi connectivity index (χ3n) is 16.9. The van der Waals surface area contributed by atoms with Crippen LogP contribution in [0.4, 0.5) is 56.9 Å². The van der Waals surface area contributed by atoms with Crippen molar-refractivity contribution in [2.45, 2.75) is 6.92 Å². The number of nitro groups is 5. The Kier molecular flexibility index (Phi) is 36.3. The molecule has 0 unspecified atom stereocenters. The number of hydrogen-bond acceptors (Lipinski definition) is 33. The second-order valence-corrected chi connectivity index (χ2v) is 31.3. The van der Waals surface area contributed by atoms with E-state index in [0.717, 1.165) is 62.2 Å². The number of ether oxygens (including phenoxy) is 6. The van der Waals surface area contributed by atoms with Crippen molar-refractivity contribution in [2.75, 3.05) is 109 Å². The number of aromatic nitrogens is 6. The Labute approximate surface area is 765 Å². The molecule has 15 rings (SSSR count). The molecule has 6 heterocycles. The molecule has 0 radical (unpaired) electrons. The monoisotopic (exact) mass is 1870 g/mol. The summed E-state index contributed by atoms with van der Waals surface area (Å²) in [4.78, 5) is 91.8. The number of aryl methyl sites for hydroxylation is 1. The number of carbonyl (C=O) groups is 1. The van der Waals surface area contributed by atoms with Crippen LogP contribution < -0.4 is 45.1 Å². The molecule has 0 aliphatic rings. The third-order valence-corrected chi connectivity index (χ3v) is 21.5. The first-order valence-corrected chi connectivity index (χ1v) is 42.2. The Morgan fingerprint density at radius 3 is 1.15 bits per heavy atom. The van der Waals surface area contributed by atoms with Gasteiger partial charge in [-0.15, -0.1) is 75.0 Å². The van der Waals surface area contributed by atoms with Crippen molar-refractivity contribution in [2.24, 2.45) is 0 Å². The van der Waals surface area contributed by atoms with Crippen LogP contribution >= 0.6 is 79.9 Å². The lowest BCUT2D eigenvalue weighted by Gasteiger charge is -2.10. The van der Waals surface area contributed by atoms with Crippen molar-refractivity contribution in [3.63, 3.8) is 0 Å². The molecule has 0 saturated carbocycles. The molecule has 0 bridgehead atoms. The quantitative estimate of drug-likeness (QED) is 0.0125. The number of terminal acetylenes is 1. The zero-order valence-electron chi connectivity index (χ0n) is 69.6. The van der Waals surface area contributed by atoms with Crippen LogP contribution in [0.25, 0.3) is 51.2 Å². The second-order valence-electron chi connectivity index (χ2n) is 25.2. The number of amides is 1. The van der Waals surface area contributed by atoms with Crippen molar-refractivity contribution < 1.29 is 62.9 Å². The molecule has 0 saturated heterocycles. The molecule has 0 fully saturated rings. The summed E-state index contributed by atoms with van der Waals surface area (Å²) in [5.74, 6) is 28.6.